The predicted octanol–water partition coefficient (Wildman–Crippen LogP) is 3.50. The molecule has 0 unspecified atom stereocenters. The second kappa shape index (κ2) is 9.99. The van der Waals surface area contributed by atoms with Gasteiger partial charge >= 0.3 is 0 Å². The molecule has 0 aliphatic carbocycles. The molecular weight excluding hydrogens is 356 g/mol. The van der Waals surface area contributed by atoms with Gasteiger partial charge in [0.2, 0.25) is 5.91 Å². The summed E-state index contributed by atoms with van der Waals surface area (Å²) < 4.78 is 17.2. The Kier molecular flexibility index (Phi) is 7.14. The molecule has 1 aliphatic rings. The summed E-state index contributed by atoms with van der Waals surface area (Å²) in [4.78, 5) is 14.8. The van der Waals surface area contributed by atoms with Crippen molar-refractivity contribution in [3.63, 3.8) is 0 Å². The maximum Gasteiger partial charge on any atom is 0.228 e. The number of anilines is 2. The smallest absolute Gasteiger partial charge is 0.228 e. The topological polar surface area (TPSA) is 60.0 Å². The molecule has 6 heteroatoms. The third-order valence-corrected chi connectivity index (χ3v) is 4.49. The SMILES string of the molecule is CCOc1cc(N2CCOCC2)c(OCC)cc1NC(=O)Cc1ccccc1. The van der Waals surface area contributed by atoms with E-state index in [4.69, 9.17) is 14.2 Å². The molecule has 2 aromatic carbocycles. The van der Waals surface area contributed by atoms with Gasteiger partial charge in [0.05, 0.1) is 44.2 Å². The number of hydrogen-bond acceptors (Lipinski definition) is 5. The van der Waals surface area contributed by atoms with Crippen LogP contribution in [0.1, 0.15) is 19.4 Å². The monoisotopic (exact) mass is 384 g/mol. The highest BCUT2D eigenvalue weighted by molar-refractivity contribution is 5.94. The lowest BCUT2D eigenvalue weighted by Gasteiger charge is -2.31. The average Bonchev–Trinajstić information content (AvgIpc) is 2.71. The lowest BCUT2D eigenvalue weighted by atomic mass is 10.1. The molecule has 6 nitrogen and oxygen atoms in total. The summed E-state index contributed by atoms with van der Waals surface area (Å²) in [6.07, 6.45) is 0.307. The van der Waals surface area contributed by atoms with Crippen LogP contribution < -0.4 is 19.7 Å². The Hall–Kier alpha value is -2.73. The Morgan fingerprint density at radius 1 is 1.04 bits per heavy atom. The molecular formula is C22H28N2O4. The molecule has 2 aromatic rings. The number of nitrogens with one attached hydrogen (secondary N) is 1. The van der Waals surface area contributed by atoms with Crippen molar-refractivity contribution in [1.29, 1.82) is 0 Å². The van der Waals surface area contributed by atoms with Crippen LogP contribution in [-0.2, 0) is 16.0 Å². The standard InChI is InChI=1S/C22H28N2O4/c1-3-27-20-16-19(24-10-12-26-13-11-24)21(28-4-2)15-18(20)23-22(25)14-17-8-6-5-7-9-17/h5-9,15-16H,3-4,10-14H2,1-2H3,(H,23,25). The second-order valence-electron chi connectivity index (χ2n) is 6.49. The van der Waals surface area contributed by atoms with E-state index in [9.17, 15) is 4.79 Å². The summed E-state index contributed by atoms with van der Waals surface area (Å²) in [7, 11) is 0. The van der Waals surface area contributed by atoms with E-state index in [2.05, 4.69) is 10.2 Å². The lowest BCUT2D eigenvalue weighted by Crippen LogP contribution is -2.36. The van der Waals surface area contributed by atoms with Crippen molar-refractivity contribution in [3.8, 4) is 11.5 Å². The van der Waals surface area contributed by atoms with Gasteiger partial charge < -0.3 is 24.4 Å². The van der Waals surface area contributed by atoms with Crippen LogP contribution in [0.25, 0.3) is 0 Å². The van der Waals surface area contributed by atoms with Crippen LogP contribution in [-0.4, -0.2) is 45.4 Å². The van der Waals surface area contributed by atoms with Gasteiger partial charge in [-0.3, -0.25) is 4.79 Å². The molecule has 1 saturated heterocycles. The molecule has 1 N–H and O–H groups in total. The number of carbonyl (C=O) groups excluding carboxylic acids is 1. The number of morpholine rings is 1. The minimum absolute atomic E-state index is 0.0891. The molecule has 1 aliphatic heterocycles. The van der Waals surface area contributed by atoms with Crippen LogP contribution in [0.2, 0.25) is 0 Å². The Labute approximate surface area is 166 Å². The fourth-order valence-electron chi connectivity index (χ4n) is 3.22. The quantitative estimate of drug-likeness (QED) is 0.755. The first-order valence-corrected chi connectivity index (χ1v) is 9.81. The number of carbonyl (C=O) groups is 1. The average molecular weight is 384 g/mol. The van der Waals surface area contributed by atoms with E-state index in [1.165, 1.54) is 0 Å². The molecule has 1 amide bonds. The number of rotatable bonds is 8. The maximum atomic E-state index is 12.6. The first kappa shape index (κ1) is 20.0. The van der Waals surface area contributed by atoms with E-state index in [1.807, 2.05) is 56.3 Å². The molecule has 28 heavy (non-hydrogen) atoms. The molecule has 3 rings (SSSR count). The Balaban J connectivity index is 1.85. The fourth-order valence-corrected chi connectivity index (χ4v) is 3.22. The zero-order valence-corrected chi connectivity index (χ0v) is 16.6. The lowest BCUT2D eigenvalue weighted by molar-refractivity contribution is -0.115. The van der Waals surface area contributed by atoms with E-state index in [-0.39, 0.29) is 5.91 Å². The van der Waals surface area contributed by atoms with E-state index in [1.54, 1.807) is 0 Å². The minimum atomic E-state index is -0.0891. The van der Waals surface area contributed by atoms with E-state index in [0.717, 1.165) is 30.1 Å². The highest BCUT2D eigenvalue weighted by Crippen LogP contribution is 2.39. The summed E-state index contributed by atoms with van der Waals surface area (Å²) in [6.45, 7) is 7.90. The van der Waals surface area contributed by atoms with Crippen LogP contribution in [0.5, 0.6) is 11.5 Å². The zero-order chi connectivity index (χ0) is 19.8. The Bertz CT molecular complexity index is 774. The number of amides is 1. The second-order valence-corrected chi connectivity index (χ2v) is 6.49. The van der Waals surface area contributed by atoms with Crippen molar-refractivity contribution in [1.82, 2.24) is 0 Å². The highest BCUT2D eigenvalue weighted by Gasteiger charge is 2.20. The van der Waals surface area contributed by atoms with Gasteiger partial charge in [-0.05, 0) is 19.4 Å². The molecule has 0 radical (unpaired) electrons. The molecule has 0 saturated carbocycles. The van der Waals surface area contributed by atoms with E-state index < -0.39 is 0 Å². The third-order valence-electron chi connectivity index (χ3n) is 4.49. The maximum absolute atomic E-state index is 12.6. The summed E-state index contributed by atoms with van der Waals surface area (Å²) in [5.41, 5.74) is 2.56. The van der Waals surface area contributed by atoms with Gasteiger partial charge in [0.25, 0.3) is 0 Å². The number of ether oxygens (including phenoxy) is 3. The molecule has 0 aromatic heterocycles. The van der Waals surface area contributed by atoms with Crippen molar-refractivity contribution in [3.05, 3.63) is 48.0 Å². The van der Waals surface area contributed by atoms with Crippen LogP contribution in [0.3, 0.4) is 0 Å². The van der Waals surface area contributed by atoms with Gasteiger partial charge in [-0.25, -0.2) is 0 Å². The Morgan fingerprint density at radius 3 is 2.39 bits per heavy atom. The normalized spacial score (nSPS) is 13.9. The van der Waals surface area contributed by atoms with Crippen molar-refractivity contribution >= 4 is 17.3 Å². The van der Waals surface area contributed by atoms with Crippen LogP contribution in [0.15, 0.2) is 42.5 Å². The summed E-state index contributed by atoms with van der Waals surface area (Å²) >= 11 is 0. The highest BCUT2D eigenvalue weighted by atomic mass is 16.5. The van der Waals surface area contributed by atoms with Gasteiger partial charge in [0.1, 0.15) is 11.5 Å². The number of benzene rings is 2. The van der Waals surface area contributed by atoms with Gasteiger partial charge in [-0.1, -0.05) is 30.3 Å². The van der Waals surface area contributed by atoms with Crippen LogP contribution >= 0.6 is 0 Å². The summed E-state index contributed by atoms with van der Waals surface area (Å²) in [5, 5.41) is 2.99. The first-order chi connectivity index (χ1) is 13.7. The molecule has 1 heterocycles. The van der Waals surface area contributed by atoms with Crippen LogP contribution in [0, 0.1) is 0 Å². The fraction of sp³-hybridized carbons (Fsp3) is 0.409. The first-order valence-electron chi connectivity index (χ1n) is 9.81. The van der Waals surface area contributed by atoms with Crippen molar-refractivity contribution in [2.45, 2.75) is 20.3 Å². The molecule has 0 spiro atoms. The molecule has 150 valence electrons. The van der Waals surface area contributed by atoms with Gasteiger partial charge in [0, 0.05) is 25.2 Å². The Morgan fingerprint density at radius 2 is 1.71 bits per heavy atom. The van der Waals surface area contributed by atoms with Gasteiger partial charge in [0.15, 0.2) is 0 Å². The van der Waals surface area contributed by atoms with Crippen molar-refractivity contribution in [2.75, 3.05) is 49.7 Å². The van der Waals surface area contributed by atoms with Crippen molar-refractivity contribution < 1.29 is 19.0 Å². The zero-order valence-electron chi connectivity index (χ0n) is 16.6. The molecule has 0 atom stereocenters. The molecule has 1 fully saturated rings. The van der Waals surface area contributed by atoms with Crippen molar-refractivity contribution in [2.24, 2.45) is 0 Å². The van der Waals surface area contributed by atoms with Gasteiger partial charge in [-0.2, -0.15) is 0 Å². The number of hydrogen-bond donors (Lipinski definition) is 1. The number of nitrogens with zero attached hydrogens (tertiary/aromatic N) is 1. The minimum Gasteiger partial charge on any atom is -0.492 e. The van der Waals surface area contributed by atoms with E-state index >= 15 is 0 Å². The predicted molar refractivity (Wildman–Crippen MR) is 111 cm³/mol. The molecule has 0 bridgehead atoms. The summed E-state index contributed by atoms with van der Waals surface area (Å²) in [5.74, 6) is 1.30. The largest absolute Gasteiger partial charge is 0.492 e. The third kappa shape index (κ3) is 5.16. The van der Waals surface area contributed by atoms with Crippen LogP contribution in [0.4, 0.5) is 11.4 Å². The summed E-state index contributed by atoms with van der Waals surface area (Å²) in [6, 6.07) is 13.5. The van der Waals surface area contributed by atoms with E-state index in [0.29, 0.717) is 44.3 Å². The van der Waals surface area contributed by atoms with Gasteiger partial charge in [-0.15, -0.1) is 0 Å².